The summed E-state index contributed by atoms with van der Waals surface area (Å²) < 4.78 is 59.1. The summed E-state index contributed by atoms with van der Waals surface area (Å²) >= 11 is 1.79. The van der Waals surface area contributed by atoms with Gasteiger partial charge in [0, 0.05) is 16.5 Å². The maximum Gasteiger partial charge on any atom is 0.416 e. The van der Waals surface area contributed by atoms with Crippen LogP contribution in [0.2, 0.25) is 0 Å². The first-order chi connectivity index (χ1) is 15.7. The van der Waals surface area contributed by atoms with Crippen LogP contribution in [0, 0.1) is 5.82 Å². The van der Waals surface area contributed by atoms with Gasteiger partial charge in [-0.15, -0.1) is 0 Å². The Hall–Kier alpha value is -3.05. The fraction of sp³-hybridized carbons (Fsp3) is 0.0833. The molecule has 0 fully saturated rings. The molecule has 0 amide bonds. The molecule has 1 aromatic heterocycles. The van der Waals surface area contributed by atoms with Crippen molar-refractivity contribution in [1.82, 2.24) is 4.98 Å². The number of fused-ring (bicyclic) bond motifs is 1. The van der Waals surface area contributed by atoms with Crippen LogP contribution in [0.3, 0.4) is 0 Å². The highest BCUT2D eigenvalue weighted by atomic mass is 127. The van der Waals surface area contributed by atoms with Gasteiger partial charge in [0.05, 0.1) is 28.9 Å². The third-order valence-electron chi connectivity index (χ3n) is 5.12. The van der Waals surface area contributed by atoms with E-state index in [0.717, 1.165) is 29.8 Å². The Morgan fingerprint density at radius 2 is 1.67 bits per heavy atom. The summed E-state index contributed by atoms with van der Waals surface area (Å²) in [6.07, 6.45) is -4.62. The Morgan fingerprint density at radius 1 is 0.970 bits per heavy atom. The van der Waals surface area contributed by atoms with Crippen LogP contribution in [0.15, 0.2) is 66.7 Å². The van der Waals surface area contributed by atoms with Gasteiger partial charge in [-0.25, -0.2) is 14.2 Å². The normalized spacial score (nSPS) is 11.7. The Balaban J connectivity index is 1.77. The van der Waals surface area contributed by atoms with E-state index in [0.29, 0.717) is 23.3 Å². The number of benzene rings is 3. The van der Waals surface area contributed by atoms with E-state index in [1.807, 2.05) is 12.1 Å². The molecule has 168 valence electrons. The summed E-state index contributed by atoms with van der Waals surface area (Å²) in [5, 5.41) is 9.42. The summed E-state index contributed by atoms with van der Waals surface area (Å²) in [5.41, 5.74) is 1.10. The second-order valence-electron chi connectivity index (χ2n) is 7.23. The highest BCUT2D eigenvalue weighted by Crippen LogP contribution is 2.34. The Labute approximate surface area is 199 Å². The van der Waals surface area contributed by atoms with Gasteiger partial charge in [0.25, 0.3) is 0 Å². The number of aromatic carboxylic acids is 1. The van der Waals surface area contributed by atoms with Gasteiger partial charge in [0.1, 0.15) is 28.8 Å². The number of aromatic nitrogens is 1. The number of carbonyl (C=O) groups is 1. The molecule has 1 heterocycles. The molecule has 4 aromatic rings. The lowest BCUT2D eigenvalue weighted by Gasteiger charge is -2.12. The maximum absolute atomic E-state index is 14.9. The SMILES string of the molecule is O=C(O)c1cc(-c2ccc(-c3ccc(COI)cc3)c(F)c2)nc2ccc(C(F)(F)F)cc12. The number of alkyl halides is 3. The van der Waals surface area contributed by atoms with E-state index in [1.165, 1.54) is 6.07 Å². The summed E-state index contributed by atoms with van der Waals surface area (Å²) in [6, 6.07) is 15.4. The van der Waals surface area contributed by atoms with Gasteiger partial charge in [-0.3, -0.25) is 0 Å². The molecule has 0 saturated carbocycles. The molecule has 9 heteroatoms. The molecule has 0 aliphatic heterocycles. The van der Waals surface area contributed by atoms with Crippen molar-refractivity contribution in [2.75, 3.05) is 0 Å². The molecule has 0 radical (unpaired) electrons. The first kappa shape index (κ1) is 23.1. The maximum atomic E-state index is 14.9. The van der Waals surface area contributed by atoms with E-state index in [4.69, 9.17) is 3.07 Å². The predicted molar refractivity (Wildman–Crippen MR) is 123 cm³/mol. The number of rotatable bonds is 5. The number of pyridine rings is 1. The third-order valence-corrected chi connectivity index (χ3v) is 5.43. The zero-order valence-electron chi connectivity index (χ0n) is 16.7. The summed E-state index contributed by atoms with van der Waals surface area (Å²) in [5.74, 6) is -1.95. The van der Waals surface area contributed by atoms with Crippen LogP contribution in [-0.4, -0.2) is 16.1 Å². The van der Waals surface area contributed by atoms with Crippen LogP contribution < -0.4 is 0 Å². The van der Waals surface area contributed by atoms with Gasteiger partial charge in [0.15, 0.2) is 0 Å². The van der Waals surface area contributed by atoms with E-state index in [9.17, 15) is 27.5 Å². The second kappa shape index (κ2) is 9.06. The number of hydrogen-bond donors (Lipinski definition) is 1. The lowest BCUT2D eigenvalue weighted by Crippen LogP contribution is -2.06. The highest BCUT2D eigenvalue weighted by molar-refractivity contribution is 14.1. The predicted octanol–water partition coefficient (Wildman–Crippen LogP) is 7.29. The minimum absolute atomic E-state index is 0.0652. The van der Waals surface area contributed by atoms with E-state index in [-0.39, 0.29) is 22.2 Å². The van der Waals surface area contributed by atoms with Gasteiger partial charge >= 0.3 is 12.1 Å². The standard InChI is InChI=1S/C24H14F4INO3/c25-20-9-15(5-7-17(20)14-3-1-13(2-4-14)12-33-29)22-11-19(23(31)32)18-10-16(24(26,27)28)6-8-21(18)30-22/h1-11H,12H2,(H,31,32). The monoisotopic (exact) mass is 567 g/mol. The molecule has 0 aliphatic rings. The van der Waals surface area contributed by atoms with Crippen molar-refractivity contribution in [2.24, 2.45) is 0 Å². The van der Waals surface area contributed by atoms with Crippen LogP contribution >= 0.6 is 23.0 Å². The van der Waals surface area contributed by atoms with E-state index in [1.54, 1.807) is 47.3 Å². The molecule has 1 N–H and O–H groups in total. The zero-order chi connectivity index (χ0) is 23.8. The minimum atomic E-state index is -4.62. The number of halogens is 5. The highest BCUT2D eigenvalue weighted by Gasteiger charge is 2.31. The van der Waals surface area contributed by atoms with Gasteiger partial charge in [-0.2, -0.15) is 13.2 Å². The van der Waals surface area contributed by atoms with E-state index in [2.05, 4.69) is 4.98 Å². The van der Waals surface area contributed by atoms with Crippen molar-refractivity contribution in [1.29, 1.82) is 0 Å². The van der Waals surface area contributed by atoms with Crippen LogP contribution in [-0.2, 0) is 15.8 Å². The summed E-state index contributed by atoms with van der Waals surface area (Å²) in [4.78, 5) is 16.0. The van der Waals surface area contributed by atoms with Gasteiger partial charge in [-0.05, 0) is 41.5 Å². The lowest BCUT2D eigenvalue weighted by atomic mass is 9.99. The van der Waals surface area contributed by atoms with Crippen molar-refractivity contribution in [3.63, 3.8) is 0 Å². The first-order valence-corrected chi connectivity index (χ1v) is 10.4. The molecule has 4 rings (SSSR count). The van der Waals surface area contributed by atoms with Gasteiger partial charge < -0.3 is 8.17 Å². The molecular formula is C24H14F4INO3. The van der Waals surface area contributed by atoms with Crippen molar-refractivity contribution < 1.29 is 30.5 Å². The molecule has 0 spiro atoms. The third kappa shape index (κ3) is 4.83. The van der Waals surface area contributed by atoms with Crippen LogP contribution in [0.1, 0.15) is 21.5 Å². The Bertz CT molecular complexity index is 1350. The molecule has 0 atom stereocenters. The van der Waals surface area contributed by atoms with Crippen molar-refractivity contribution in [2.45, 2.75) is 12.8 Å². The van der Waals surface area contributed by atoms with Crippen molar-refractivity contribution >= 4 is 39.9 Å². The second-order valence-corrected chi connectivity index (χ2v) is 7.86. The smallest absolute Gasteiger partial charge is 0.416 e. The van der Waals surface area contributed by atoms with Crippen LogP contribution in [0.5, 0.6) is 0 Å². The van der Waals surface area contributed by atoms with Gasteiger partial charge in [0.2, 0.25) is 0 Å². The minimum Gasteiger partial charge on any atom is -0.478 e. The number of carboxylic acid groups (broad SMARTS) is 1. The fourth-order valence-corrected chi connectivity index (χ4v) is 3.84. The van der Waals surface area contributed by atoms with E-state index >= 15 is 0 Å². The Morgan fingerprint density at radius 3 is 2.27 bits per heavy atom. The quantitative estimate of drug-likeness (QED) is 0.203. The molecule has 3 aromatic carbocycles. The average Bonchev–Trinajstić information content (AvgIpc) is 2.78. The Kier molecular flexibility index (Phi) is 6.35. The summed E-state index contributed by atoms with van der Waals surface area (Å²) in [6.45, 7) is 0.423. The first-order valence-electron chi connectivity index (χ1n) is 9.55. The zero-order valence-corrected chi connectivity index (χ0v) is 18.8. The summed E-state index contributed by atoms with van der Waals surface area (Å²) in [7, 11) is 0. The topological polar surface area (TPSA) is 59.4 Å². The largest absolute Gasteiger partial charge is 0.478 e. The van der Waals surface area contributed by atoms with E-state index < -0.39 is 23.5 Å². The average molecular weight is 567 g/mol. The van der Waals surface area contributed by atoms with Gasteiger partial charge in [-0.1, -0.05) is 36.4 Å². The lowest BCUT2D eigenvalue weighted by molar-refractivity contribution is -0.137. The molecule has 0 aliphatic carbocycles. The number of carboxylic acids is 1. The molecule has 4 nitrogen and oxygen atoms in total. The number of hydrogen-bond acceptors (Lipinski definition) is 3. The van der Waals surface area contributed by atoms with Crippen LogP contribution in [0.25, 0.3) is 33.3 Å². The van der Waals surface area contributed by atoms with Crippen molar-refractivity contribution in [3.8, 4) is 22.4 Å². The molecule has 0 bridgehead atoms. The molecule has 0 saturated heterocycles. The van der Waals surface area contributed by atoms with Crippen LogP contribution in [0.4, 0.5) is 17.6 Å². The molecule has 0 unspecified atom stereocenters. The number of nitrogens with zero attached hydrogens (tertiary/aromatic N) is 1. The molecular weight excluding hydrogens is 553 g/mol. The fourth-order valence-electron chi connectivity index (χ4n) is 3.48. The molecule has 33 heavy (non-hydrogen) atoms. The van der Waals surface area contributed by atoms with Crippen molar-refractivity contribution in [3.05, 3.63) is 89.2 Å².